The van der Waals surface area contributed by atoms with Crippen LogP contribution in [0.15, 0.2) is 76.5 Å². The van der Waals surface area contributed by atoms with E-state index >= 15 is 0 Å². The van der Waals surface area contributed by atoms with Crippen LogP contribution >= 0.6 is 11.6 Å². The van der Waals surface area contributed by atoms with Crippen LogP contribution in [0.3, 0.4) is 0 Å². The molecule has 9 heteroatoms. The van der Waals surface area contributed by atoms with Crippen LogP contribution in [-0.2, 0) is 16.3 Å². The molecule has 0 radical (unpaired) electrons. The highest BCUT2D eigenvalue weighted by Gasteiger charge is 2.20. The third-order valence-electron chi connectivity index (χ3n) is 4.91. The normalized spacial score (nSPS) is 12.4. The lowest BCUT2D eigenvalue weighted by Crippen LogP contribution is -2.23. The molecule has 0 bridgehead atoms. The fourth-order valence-electron chi connectivity index (χ4n) is 3.13. The Bertz CT molecular complexity index is 1210. The van der Waals surface area contributed by atoms with Crippen LogP contribution in [0.25, 0.3) is 0 Å². The lowest BCUT2D eigenvalue weighted by molar-refractivity contribution is 0.0693. The second-order valence-electron chi connectivity index (χ2n) is 7.16. The number of hydrogen-bond acceptors (Lipinski definition) is 6. The third-order valence-corrected chi connectivity index (χ3v) is 6.91. The molecule has 0 aromatic heterocycles. The summed E-state index contributed by atoms with van der Waals surface area (Å²) in [5.74, 6) is -1.95. The molecule has 0 fully saturated rings. The van der Waals surface area contributed by atoms with Gasteiger partial charge in [0.2, 0.25) is 9.84 Å². The van der Waals surface area contributed by atoms with Crippen LogP contribution in [-0.4, -0.2) is 42.8 Å². The maximum Gasteiger partial charge on any atom is 0.339 e. The van der Waals surface area contributed by atoms with E-state index in [-0.39, 0.29) is 15.4 Å². The number of carboxylic acids is 1. The van der Waals surface area contributed by atoms with Crippen LogP contribution in [0, 0.1) is 0 Å². The number of aliphatic hydroxyl groups is 1. The maximum atomic E-state index is 12.8. The molecule has 0 heterocycles. The quantitative estimate of drug-likeness (QED) is 0.349. The number of carbonyl (C=O) groups is 1. The van der Waals surface area contributed by atoms with Gasteiger partial charge in [-0.3, -0.25) is 0 Å². The molecule has 7 nitrogen and oxygen atoms in total. The number of phenols is 1. The van der Waals surface area contributed by atoms with Crippen molar-refractivity contribution in [2.75, 3.05) is 13.1 Å². The van der Waals surface area contributed by atoms with E-state index in [2.05, 4.69) is 5.32 Å². The summed E-state index contributed by atoms with van der Waals surface area (Å²) in [6.07, 6.45) is -0.0680. The summed E-state index contributed by atoms with van der Waals surface area (Å²) >= 11 is 5.93. The first-order valence-corrected chi connectivity index (χ1v) is 11.6. The average molecular weight is 476 g/mol. The predicted octanol–water partition coefficient (Wildman–Crippen LogP) is 3.44. The van der Waals surface area contributed by atoms with Crippen LogP contribution in [0.4, 0.5) is 0 Å². The van der Waals surface area contributed by atoms with E-state index in [1.54, 1.807) is 36.4 Å². The standard InChI is InChI=1S/C23H22ClNO6S/c24-17-3-1-2-16(12-17)22(27)14-25-11-10-15-4-6-18(7-5-15)32(30,31)19-8-9-20(23(28)29)21(26)13-19/h1-9,12-13,22,25-27H,10-11,14H2,(H,28,29)/t22-/m0/s1. The Balaban J connectivity index is 1.58. The minimum atomic E-state index is -3.90. The number of sulfone groups is 1. The van der Waals surface area contributed by atoms with Gasteiger partial charge in [-0.2, -0.15) is 0 Å². The largest absolute Gasteiger partial charge is 0.507 e. The van der Waals surface area contributed by atoms with Crippen molar-refractivity contribution in [2.45, 2.75) is 22.3 Å². The van der Waals surface area contributed by atoms with Crippen molar-refractivity contribution in [3.05, 3.63) is 88.4 Å². The molecule has 0 saturated carbocycles. The zero-order valence-electron chi connectivity index (χ0n) is 16.9. The van der Waals surface area contributed by atoms with E-state index in [1.807, 2.05) is 0 Å². The van der Waals surface area contributed by atoms with Crippen LogP contribution in [0.1, 0.15) is 27.6 Å². The van der Waals surface area contributed by atoms with Gasteiger partial charge < -0.3 is 20.6 Å². The fraction of sp³-hybridized carbons (Fsp3) is 0.174. The summed E-state index contributed by atoms with van der Waals surface area (Å²) < 4.78 is 25.5. The number of aromatic hydroxyl groups is 1. The van der Waals surface area contributed by atoms with E-state index in [0.29, 0.717) is 24.5 Å². The lowest BCUT2D eigenvalue weighted by atomic mass is 10.1. The molecular weight excluding hydrogens is 454 g/mol. The Morgan fingerprint density at radius 3 is 2.31 bits per heavy atom. The molecule has 0 aliphatic rings. The zero-order valence-corrected chi connectivity index (χ0v) is 18.5. The van der Waals surface area contributed by atoms with Crippen molar-refractivity contribution in [3.63, 3.8) is 0 Å². The van der Waals surface area contributed by atoms with Crippen molar-refractivity contribution >= 4 is 27.4 Å². The van der Waals surface area contributed by atoms with Crippen molar-refractivity contribution in [3.8, 4) is 5.75 Å². The van der Waals surface area contributed by atoms with Gasteiger partial charge in [0.15, 0.2) is 0 Å². The van der Waals surface area contributed by atoms with E-state index in [9.17, 15) is 23.4 Å². The van der Waals surface area contributed by atoms with Crippen LogP contribution in [0.5, 0.6) is 5.75 Å². The lowest BCUT2D eigenvalue weighted by Gasteiger charge is -2.13. The Hall–Kier alpha value is -2.91. The van der Waals surface area contributed by atoms with Gasteiger partial charge in [-0.1, -0.05) is 35.9 Å². The molecule has 1 atom stereocenters. The van der Waals surface area contributed by atoms with Gasteiger partial charge in [0.25, 0.3) is 0 Å². The Morgan fingerprint density at radius 2 is 1.69 bits per heavy atom. The summed E-state index contributed by atoms with van der Waals surface area (Å²) in [6, 6.07) is 16.5. The number of aromatic carboxylic acids is 1. The summed E-state index contributed by atoms with van der Waals surface area (Å²) in [6.45, 7) is 0.927. The molecule has 0 amide bonds. The van der Waals surface area contributed by atoms with Gasteiger partial charge in [-0.05, 0) is 66.6 Å². The first kappa shape index (κ1) is 23.7. The van der Waals surface area contributed by atoms with Crippen molar-refractivity contribution in [2.24, 2.45) is 0 Å². The van der Waals surface area contributed by atoms with Gasteiger partial charge in [-0.15, -0.1) is 0 Å². The summed E-state index contributed by atoms with van der Waals surface area (Å²) in [5, 5.41) is 32.7. The number of nitrogens with one attached hydrogen (secondary N) is 1. The molecule has 168 valence electrons. The molecule has 4 N–H and O–H groups in total. The highest BCUT2D eigenvalue weighted by Crippen LogP contribution is 2.27. The number of benzene rings is 3. The van der Waals surface area contributed by atoms with Gasteiger partial charge in [0.05, 0.1) is 15.9 Å². The maximum absolute atomic E-state index is 12.8. The third kappa shape index (κ3) is 5.66. The highest BCUT2D eigenvalue weighted by molar-refractivity contribution is 7.91. The van der Waals surface area contributed by atoms with Gasteiger partial charge >= 0.3 is 5.97 Å². The molecule has 0 unspecified atom stereocenters. The van der Waals surface area contributed by atoms with Crippen molar-refractivity contribution in [1.29, 1.82) is 0 Å². The second kappa shape index (κ2) is 10.1. The van der Waals surface area contributed by atoms with Gasteiger partial charge in [0, 0.05) is 11.6 Å². The molecule has 32 heavy (non-hydrogen) atoms. The smallest absolute Gasteiger partial charge is 0.339 e. The molecule has 0 aliphatic carbocycles. The monoisotopic (exact) mass is 475 g/mol. The van der Waals surface area contributed by atoms with Crippen LogP contribution < -0.4 is 5.32 Å². The molecular formula is C23H22ClNO6S. The second-order valence-corrected chi connectivity index (χ2v) is 9.54. The Morgan fingerprint density at radius 1 is 1.00 bits per heavy atom. The molecule has 0 aliphatic heterocycles. The van der Waals surface area contributed by atoms with E-state index in [0.717, 1.165) is 29.3 Å². The topological polar surface area (TPSA) is 124 Å². The number of hydrogen-bond donors (Lipinski definition) is 4. The molecule has 3 aromatic carbocycles. The number of aliphatic hydroxyl groups excluding tert-OH is 1. The summed E-state index contributed by atoms with van der Waals surface area (Å²) in [7, 11) is -3.90. The summed E-state index contributed by atoms with van der Waals surface area (Å²) in [4.78, 5) is 10.8. The molecule has 0 spiro atoms. The Labute approximate surface area is 190 Å². The highest BCUT2D eigenvalue weighted by atomic mass is 35.5. The number of carboxylic acid groups (broad SMARTS) is 1. The van der Waals surface area contributed by atoms with Crippen LogP contribution in [0.2, 0.25) is 5.02 Å². The fourth-order valence-corrected chi connectivity index (χ4v) is 4.61. The first-order chi connectivity index (χ1) is 15.2. The number of rotatable bonds is 9. The molecule has 3 rings (SSSR count). The number of halogens is 1. The summed E-state index contributed by atoms with van der Waals surface area (Å²) in [5.41, 5.74) is 1.26. The minimum absolute atomic E-state index is 0.0352. The van der Waals surface area contributed by atoms with Gasteiger partial charge in [0.1, 0.15) is 11.3 Å². The average Bonchev–Trinajstić information content (AvgIpc) is 2.76. The zero-order chi connectivity index (χ0) is 23.3. The molecule has 0 saturated heterocycles. The molecule has 3 aromatic rings. The van der Waals surface area contributed by atoms with Crippen molar-refractivity contribution in [1.82, 2.24) is 5.32 Å². The predicted molar refractivity (Wildman–Crippen MR) is 120 cm³/mol. The first-order valence-electron chi connectivity index (χ1n) is 9.73. The van der Waals surface area contributed by atoms with E-state index in [4.69, 9.17) is 16.7 Å². The van der Waals surface area contributed by atoms with E-state index < -0.39 is 27.7 Å². The van der Waals surface area contributed by atoms with Crippen molar-refractivity contribution < 1.29 is 28.5 Å². The van der Waals surface area contributed by atoms with E-state index in [1.165, 1.54) is 12.1 Å². The Kier molecular flexibility index (Phi) is 7.52. The minimum Gasteiger partial charge on any atom is -0.507 e. The van der Waals surface area contributed by atoms with Gasteiger partial charge in [-0.25, -0.2) is 13.2 Å². The SMILES string of the molecule is O=C(O)c1ccc(S(=O)(=O)c2ccc(CCNC[C@H](O)c3cccc(Cl)c3)cc2)cc1O.